The van der Waals surface area contributed by atoms with E-state index in [4.69, 9.17) is 10.5 Å². The van der Waals surface area contributed by atoms with E-state index in [0.29, 0.717) is 18.0 Å². The number of carbonyl (C=O) groups excluding carboxylic acids is 1. The summed E-state index contributed by atoms with van der Waals surface area (Å²) in [6.07, 6.45) is 2.27. The lowest BCUT2D eigenvalue weighted by molar-refractivity contribution is -0.116. The number of anilines is 2. The largest absolute Gasteiger partial charge is 0.493 e. The van der Waals surface area contributed by atoms with Gasteiger partial charge in [-0.15, -0.1) is 11.8 Å². The first-order chi connectivity index (χ1) is 10.2. The standard InChI is InChI=1S/C16H18N2O2S/c1-21-15-8-3-2-7-14(15)18-16(19)9-10-20-13-6-4-5-12(17)11-13/h2-8,11H,9-10,17H2,1H3,(H,18,19). The van der Waals surface area contributed by atoms with Crippen LogP contribution in [0.25, 0.3) is 0 Å². The third-order valence-electron chi connectivity index (χ3n) is 2.84. The van der Waals surface area contributed by atoms with Gasteiger partial charge in [-0.25, -0.2) is 0 Å². The molecule has 2 aromatic rings. The van der Waals surface area contributed by atoms with E-state index in [0.717, 1.165) is 10.6 Å². The highest BCUT2D eigenvalue weighted by molar-refractivity contribution is 7.98. The van der Waals surface area contributed by atoms with Gasteiger partial charge in [0.05, 0.1) is 18.7 Å². The van der Waals surface area contributed by atoms with Crippen LogP contribution in [0.15, 0.2) is 53.4 Å². The van der Waals surface area contributed by atoms with Crippen molar-refractivity contribution in [2.45, 2.75) is 11.3 Å². The summed E-state index contributed by atoms with van der Waals surface area (Å²) in [6.45, 7) is 0.316. The fourth-order valence-electron chi connectivity index (χ4n) is 1.83. The van der Waals surface area contributed by atoms with Gasteiger partial charge in [-0.2, -0.15) is 0 Å². The Morgan fingerprint density at radius 2 is 2.05 bits per heavy atom. The number of carbonyl (C=O) groups is 1. The zero-order chi connectivity index (χ0) is 15.1. The first-order valence-corrected chi connectivity index (χ1v) is 7.82. The van der Waals surface area contributed by atoms with Crippen molar-refractivity contribution in [1.82, 2.24) is 0 Å². The second-order valence-corrected chi connectivity index (χ2v) is 5.27. The molecule has 1 amide bonds. The molecule has 110 valence electrons. The number of rotatable bonds is 6. The van der Waals surface area contributed by atoms with Gasteiger partial charge in [-0.3, -0.25) is 4.79 Å². The minimum absolute atomic E-state index is 0.0691. The molecule has 0 spiro atoms. The predicted octanol–water partition coefficient (Wildman–Crippen LogP) is 3.40. The lowest BCUT2D eigenvalue weighted by atomic mass is 10.3. The molecule has 0 saturated carbocycles. The van der Waals surface area contributed by atoms with Crippen molar-refractivity contribution < 1.29 is 9.53 Å². The number of thioether (sulfide) groups is 1. The first kappa shape index (κ1) is 15.3. The molecule has 0 bridgehead atoms. The average Bonchev–Trinajstić information content (AvgIpc) is 2.48. The van der Waals surface area contributed by atoms with Gasteiger partial charge >= 0.3 is 0 Å². The Hall–Kier alpha value is -2.14. The molecule has 0 fully saturated rings. The van der Waals surface area contributed by atoms with Gasteiger partial charge in [0.25, 0.3) is 0 Å². The zero-order valence-electron chi connectivity index (χ0n) is 11.8. The molecule has 0 unspecified atom stereocenters. The number of amides is 1. The van der Waals surface area contributed by atoms with Crippen molar-refractivity contribution in [3.63, 3.8) is 0 Å². The molecule has 21 heavy (non-hydrogen) atoms. The van der Waals surface area contributed by atoms with Crippen LogP contribution in [0.4, 0.5) is 11.4 Å². The molecule has 2 rings (SSSR count). The monoisotopic (exact) mass is 302 g/mol. The van der Waals surface area contributed by atoms with E-state index in [1.807, 2.05) is 42.7 Å². The highest BCUT2D eigenvalue weighted by Gasteiger charge is 2.06. The van der Waals surface area contributed by atoms with E-state index < -0.39 is 0 Å². The molecule has 0 aliphatic rings. The van der Waals surface area contributed by atoms with Crippen LogP contribution < -0.4 is 15.8 Å². The van der Waals surface area contributed by atoms with Crippen molar-refractivity contribution in [2.75, 3.05) is 23.9 Å². The summed E-state index contributed by atoms with van der Waals surface area (Å²) >= 11 is 1.60. The fourth-order valence-corrected chi connectivity index (χ4v) is 2.38. The minimum Gasteiger partial charge on any atom is -0.493 e. The van der Waals surface area contributed by atoms with Gasteiger partial charge in [-0.05, 0) is 30.5 Å². The van der Waals surface area contributed by atoms with E-state index in [-0.39, 0.29) is 12.3 Å². The Kier molecular flexibility index (Phi) is 5.51. The average molecular weight is 302 g/mol. The predicted molar refractivity (Wildman–Crippen MR) is 87.8 cm³/mol. The molecule has 2 aromatic carbocycles. The lowest BCUT2D eigenvalue weighted by Crippen LogP contribution is -2.15. The van der Waals surface area contributed by atoms with E-state index >= 15 is 0 Å². The van der Waals surface area contributed by atoms with E-state index in [2.05, 4.69) is 5.32 Å². The number of ether oxygens (including phenoxy) is 1. The van der Waals surface area contributed by atoms with Crippen LogP contribution in [-0.4, -0.2) is 18.8 Å². The lowest BCUT2D eigenvalue weighted by Gasteiger charge is -2.10. The van der Waals surface area contributed by atoms with Gasteiger partial charge in [0.1, 0.15) is 5.75 Å². The Morgan fingerprint density at radius 3 is 2.81 bits per heavy atom. The Labute approximate surface area is 128 Å². The topological polar surface area (TPSA) is 64.3 Å². The smallest absolute Gasteiger partial charge is 0.227 e. The van der Waals surface area contributed by atoms with Gasteiger partial charge < -0.3 is 15.8 Å². The van der Waals surface area contributed by atoms with Crippen molar-refractivity contribution in [3.8, 4) is 5.75 Å². The number of nitrogens with two attached hydrogens (primary N) is 1. The summed E-state index contributed by atoms with van der Waals surface area (Å²) in [7, 11) is 0. The summed E-state index contributed by atoms with van der Waals surface area (Å²) in [5.74, 6) is 0.604. The molecule has 0 atom stereocenters. The second-order valence-electron chi connectivity index (χ2n) is 4.42. The van der Waals surface area contributed by atoms with Crippen molar-refractivity contribution in [1.29, 1.82) is 0 Å². The maximum atomic E-state index is 11.9. The summed E-state index contributed by atoms with van der Waals surface area (Å²) in [5, 5.41) is 2.89. The number of benzene rings is 2. The molecule has 0 aliphatic carbocycles. The summed E-state index contributed by atoms with van der Waals surface area (Å²) in [4.78, 5) is 13.0. The Bertz CT molecular complexity index is 617. The Morgan fingerprint density at radius 1 is 1.24 bits per heavy atom. The molecule has 3 N–H and O–H groups in total. The number of nitrogens with one attached hydrogen (secondary N) is 1. The van der Waals surface area contributed by atoms with Crippen LogP contribution in [-0.2, 0) is 4.79 Å². The van der Waals surface area contributed by atoms with Gasteiger partial charge in [0.15, 0.2) is 0 Å². The number of nitrogen functional groups attached to an aromatic ring is 1. The third-order valence-corrected chi connectivity index (χ3v) is 3.63. The molecular weight excluding hydrogens is 284 g/mol. The van der Waals surface area contributed by atoms with Crippen molar-refractivity contribution >= 4 is 29.0 Å². The number of para-hydroxylation sites is 1. The van der Waals surface area contributed by atoms with Gasteiger partial charge in [0.2, 0.25) is 5.91 Å². The van der Waals surface area contributed by atoms with Gasteiger partial charge in [-0.1, -0.05) is 18.2 Å². The molecule has 0 radical (unpaired) electrons. The summed E-state index contributed by atoms with van der Waals surface area (Å²) in [6, 6.07) is 14.9. The second kappa shape index (κ2) is 7.59. The van der Waals surface area contributed by atoms with Gasteiger partial charge in [0, 0.05) is 16.6 Å². The SMILES string of the molecule is CSc1ccccc1NC(=O)CCOc1cccc(N)c1. The first-order valence-electron chi connectivity index (χ1n) is 6.60. The number of hydrogen-bond donors (Lipinski definition) is 2. The van der Waals surface area contributed by atoms with Crippen LogP contribution in [0.1, 0.15) is 6.42 Å². The maximum Gasteiger partial charge on any atom is 0.227 e. The molecule has 4 nitrogen and oxygen atoms in total. The zero-order valence-corrected chi connectivity index (χ0v) is 12.7. The minimum atomic E-state index is -0.0691. The maximum absolute atomic E-state index is 11.9. The van der Waals surface area contributed by atoms with Crippen LogP contribution >= 0.6 is 11.8 Å². The highest BCUT2D eigenvalue weighted by atomic mass is 32.2. The van der Waals surface area contributed by atoms with Crippen LogP contribution in [0.2, 0.25) is 0 Å². The molecule has 0 aromatic heterocycles. The van der Waals surface area contributed by atoms with E-state index in [9.17, 15) is 4.79 Å². The van der Waals surface area contributed by atoms with Crippen LogP contribution in [0, 0.1) is 0 Å². The highest BCUT2D eigenvalue weighted by Crippen LogP contribution is 2.24. The van der Waals surface area contributed by atoms with Crippen LogP contribution in [0.5, 0.6) is 5.75 Å². The molecule has 5 heteroatoms. The molecule has 0 saturated heterocycles. The van der Waals surface area contributed by atoms with Crippen molar-refractivity contribution in [2.24, 2.45) is 0 Å². The quantitative estimate of drug-likeness (QED) is 0.634. The summed E-state index contributed by atoms with van der Waals surface area (Å²) < 4.78 is 5.51. The molecule has 0 heterocycles. The number of hydrogen-bond acceptors (Lipinski definition) is 4. The van der Waals surface area contributed by atoms with Crippen LogP contribution in [0.3, 0.4) is 0 Å². The molecular formula is C16H18N2O2S. The molecule has 0 aliphatic heterocycles. The van der Waals surface area contributed by atoms with Crippen molar-refractivity contribution in [3.05, 3.63) is 48.5 Å². The Balaban J connectivity index is 1.82. The van der Waals surface area contributed by atoms with E-state index in [1.54, 1.807) is 23.9 Å². The van der Waals surface area contributed by atoms with E-state index in [1.165, 1.54) is 0 Å². The normalized spacial score (nSPS) is 10.1. The fraction of sp³-hybridized carbons (Fsp3) is 0.188. The summed E-state index contributed by atoms with van der Waals surface area (Å²) in [5.41, 5.74) is 7.14. The third kappa shape index (κ3) is 4.72.